The Balaban J connectivity index is 2.23. The van der Waals surface area contributed by atoms with Crippen molar-refractivity contribution in [1.82, 2.24) is 0 Å². The van der Waals surface area contributed by atoms with E-state index in [1.807, 2.05) is 6.92 Å². The maximum Gasteiger partial charge on any atom is 0.165 e. The van der Waals surface area contributed by atoms with Gasteiger partial charge < -0.3 is 10.5 Å². The maximum absolute atomic E-state index is 13.6. The summed E-state index contributed by atoms with van der Waals surface area (Å²) in [5.74, 6) is -0.740. The molecule has 104 valence electrons. The van der Waals surface area contributed by atoms with Gasteiger partial charge in [0.15, 0.2) is 11.6 Å². The standard InChI is InChI=1S/C15H13F2NOS/c1-9-2-5-13(17)14(6-9)19-8-10-3-4-11(16)7-12(10)15(18)20/h2-7H,8H2,1H3,(H2,18,20). The van der Waals surface area contributed by atoms with E-state index in [0.29, 0.717) is 11.1 Å². The number of thiocarbonyl (C=S) groups is 1. The molecule has 2 nitrogen and oxygen atoms in total. The van der Waals surface area contributed by atoms with Gasteiger partial charge >= 0.3 is 0 Å². The number of nitrogens with two attached hydrogens (primary N) is 1. The summed E-state index contributed by atoms with van der Waals surface area (Å²) in [4.78, 5) is 0.0767. The van der Waals surface area contributed by atoms with Crippen molar-refractivity contribution < 1.29 is 13.5 Å². The second-order valence-electron chi connectivity index (χ2n) is 4.39. The fourth-order valence-electron chi connectivity index (χ4n) is 1.78. The van der Waals surface area contributed by atoms with E-state index in [1.165, 1.54) is 24.3 Å². The fourth-order valence-corrected chi connectivity index (χ4v) is 1.97. The number of rotatable bonds is 4. The molecule has 2 rings (SSSR count). The lowest BCUT2D eigenvalue weighted by molar-refractivity contribution is 0.290. The number of hydrogen-bond acceptors (Lipinski definition) is 2. The van der Waals surface area contributed by atoms with E-state index >= 15 is 0 Å². The van der Waals surface area contributed by atoms with Crippen LogP contribution >= 0.6 is 12.2 Å². The molecule has 0 heterocycles. The molecule has 0 atom stereocenters. The number of benzene rings is 2. The summed E-state index contributed by atoms with van der Waals surface area (Å²) in [5, 5.41) is 0. The van der Waals surface area contributed by atoms with Gasteiger partial charge in [-0.2, -0.15) is 0 Å². The van der Waals surface area contributed by atoms with Crippen molar-refractivity contribution in [2.75, 3.05) is 0 Å². The lowest BCUT2D eigenvalue weighted by Crippen LogP contribution is -2.14. The number of ether oxygens (including phenoxy) is 1. The molecule has 0 amide bonds. The van der Waals surface area contributed by atoms with Crippen LogP contribution in [0.25, 0.3) is 0 Å². The lowest BCUT2D eigenvalue weighted by Gasteiger charge is -2.11. The molecule has 0 radical (unpaired) electrons. The molecule has 0 fully saturated rings. The minimum atomic E-state index is -0.449. The molecule has 2 aromatic rings. The van der Waals surface area contributed by atoms with Gasteiger partial charge in [-0.05, 0) is 42.3 Å². The zero-order chi connectivity index (χ0) is 14.7. The number of hydrogen-bond donors (Lipinski definition) is 1. The van der Waals surface area contributed by atoms with Crippen LogP contribution < -0.4 is 10.5 Å². The van der Waals surface area contributed by atoms with Gasteiger partial charge in [0.05, 0.1) is 0 Å². The molecule has 0 aliphatic carbocycles. The summed E-state index contributed by atoms with van der Waals surface area (Å²) in [7, 11) is 0. The number of halogens is 2. The molecular formula is C15H13F2NOS. The summed E-state index contributed by atoms with van der Waals surface area (Å²) in [6, 6.07) is 8.64. The van der Waals surface area contributed by atoms with E-state index in [1.54, 1.807) is 12.1 Å². The van der Waals surface area contributed by atoms with Crippen LogP contribution in [0, 0.1) is 18.6 Å². The molecule has 2 aromatic carbocycles. The van der Waals surface area contributed by atoms with Gasteiger partial charge in [0.2, 0.25) is 0 Å². The summed E-state index contributed by atoms with van der Waals surface area (Å²) in [6.45, 7) is 1.90. The van der Waals surface area contributed by atoms with Crippen LogP contribution in [-0.4, -0.2) is 4.99 Å². The highest BCUT2D eigenvalue weighted by Gasteiger charge is 2.09. The minimum absolute atomic E-state index is 0.0628. The molecule has 0 unspecified atom stereocenters. The zero-order valence-corrected chi connectivity index (χ0v) is 11.6. The lowest BCUT2D eigenvalue weighted by atomic mass is 10.1. The molecule has 0 aromatic heterocycles. The zero-order valence-electron chi connectivity index (χ0n) is 10.8. The van der Waals surface area contributed by atoms with Gasteiger partial charge in [-0.1, -0.05) is 24.4 Å². The summed E-state index contributed by atoms with van der Waals surface area (Å²) >= 11 is 4.87. The molecule has 0 bridgehead atoms. The van der Waals surface area contributed by atoms with Gasteiger partial charge in [0, 0.05) is 5.56 Å². The Morgan fingerprint density at radius 3 is 2.65 bits per heavy atom. The van der Waals surface area contributed by atoms with Crippen LogP contribution in [0.1, 0.15) is 16.7 Å². The van der Waals surface area contributed by atoms with Crippen molar-refractivity contribution in [2.45, 2.75) is 13.5 Å². The summed E-state index contributed by atoms with van der Waals surface area (Å²) in [5.41, 5.74) is 7.43. The summed E-state index contributed by atoms with van der Waals surface area (Å²) < 4.78 is 32.2. The Hall–Kier alpha value is -2.01. The molecule has 0 spiro atoms. The smallest absolute Gasteiger partial charge is 0.165 e. The van der Waals surface area contributed by atoms with Crippen molar-refractivity contribution >= 4 is 17.2 Å². The number of aryl methyl sites for hydroxylation is 1. The Morgan fingerprint density at radius 2 is 1.95 bits per heavy atom. The largest absolute Gasteiger partial charge is 0.486 e. The minimum Gasteiger partial charge on any atom is -0.486 e. The van der Waals surface area contributed by atoms with E-state index < -0.39 is 11.6 Å². The van der Waals surface area contributed by atoms with Gasteiger partial charge in [-0.3, -0.25) is 0 Å². The third-order valence-corrected chi connectivity index (χ3v) is 3.03. The Labute approximate surface area is 121 Å². The molecule has 5 heteroatoms. The monoisotopic (exact) mass is 293 g/mol. The summed E-state index contributed by atoms with van der Waals surface area (Å²) in [6.07, 6.45) is 0. The predicted molar refractivity (Wildman–Crippen MR) is 77.8 cm³/mol. The van der Waals surface area contributed by atoms with Gasteiger partial charge in [-0.15, -0.1) is 0 Å². The molecule has 0 aliphatic rings. The molecule has 2 N–H and O–H groups in total. The van der Waals surface area contributed by atoms with Gasteiger partial charge in [0.25, 0.3) is 0 Å². The van der Waals surface area contributed by atoms with E-state index in [9.17, 15) is 8.78 Å². The van der Waals surface area contributed by atoms with E-state index in [-0.39, 0.29) is 17.3 Å². The first-order chi connectivity index (χ1) is 9.47. The van der Waals surface area contributed by atoms with Crippen LogP contribution in [-0.2, 0) is 6.61 Å². The maximum atomic E-state index is 13.6. The second-order valence-corrected chi connectivity index (χ2v) is 4.83. The first kappa shape index (κ1) is 14.4. The average molecular weight is 293 g/mol. The molecule has 0 saturated heterocycles. The van der Waals surface area contributed by atoms with Crippen LogP contribution in [0.3, 0.4) is 0 Å². The van der Waals surface area contributed by atoms with Crippen molar-refractivity contribution in [3.05, 3.63) is 64.7 Å². The first-order valence-corrected chi connectivity index (χ1v) is 6.35. The Bertz CT molecular complexity index is 658. The van der Waals surface area contributed by atoms with E-state index in [2.05, 4.69) is 0 Å². The first-order valence-electron chi connectivity index (χ1n) is 5.94. The fraction of sp³-hybridized carbons (Fsp3) is 0.133. The molecule has 20 heavy (non-hydrogen) atoms. The Kier molecular flexibility index (Phi) is 4.29. The van der Waals surface area contributed by atoms with E-state index in [0.717, 1.165) is 5.56 Å². The molecule has 0 saturated carbocycles. The van der Waals surface area contributed by atoms with Crippen molar-refractivity contribution in [3.63, 3.8) is 0 Å². The third kappa shape index (κ3) is 3.30. The van der Waals surface area contributed by atoms with Gasteiger partial charge in [0.1, 0.15) is 17.4 Å². The normalized spacial score (nSPS) is 10.3. The quantitative estimate of drug-likeness (QED) is 0.877. The topological polar surface area (TPSA) is 35.2 Å². The van der Waals surface area contributed by atoms with Crippen molar-refractivity contribution in [2.24, 2.45) is 5.73 Å². The van der Waals surface area contributed by atoms with Crippen LogP contribution in [0.2, 0.25) is 0 Å². The van der Waals surface area contributed by atoms with Crippen molar-refractivity contribution in [1.29, 1.82) is 0 Å². The third-order valence-electron chi connectivity index (χ3n) is 2.81. The predicted octanol–water partition coefficient (Wildman–Crippen LogP) is 3.49. The highest BCUT2D eigenvalue weighted by Crippen LogP contribution is 2.21. The SMILES string of the molecule is Cc1ccc(F)c(OCc2ccc(F)cc2C(N)=S)c1. The second kappa shape index (κ2) is 5.96. The van der Waals surface area contributed by atoms with Crippen LogP contribution in [0.4, 0.5) is 8.78 Å². The highest BCUT2D eigenvalue weighted by atomic mass is 32.1. The Morgan fingerprint density at radius 1 is 1.20 bits per heavy atom. The molecule has 0 aliphatic heterocycles. The highest BCUT2D eigenvalue weighted by molar-refractivity contribution is 7.80. The van der Waals surface area contributed by atoms with Crippen molar-refractivity contribution in [3.8, 4) is 5.75 Å². The van der Waals surface area contributed by atoms with E-state index in [4.69, 9.17) is 22.7 Å². The van der Waals surface area contributed by atoms with Crippen LogP contribution in [0.5, 0.6) is 5.75 Å². The molecular weight excluding hydrogens is 280 g/mol. The van der Waals surface area contributed by atoms with Gasteiger partial charge in [-0.25, -0.2) is 8.78 Å². The van der Waals surface area contributed by atoms with Crippen LogP contribution in [0.15, 0.2) is 36.4 Å². The average Bonchev–Trinajstić information content (AvgIpc) is 2.40.